The fourth-order valence-corrected chi connectivity index (χ4v) is 4.73. The average molecular weight is 307 g/mol. The highest BCUT2D eigenvalue weighted by molar-refractivity contribution is 7.93. The van der Waals surface area contributed by atoms with E-state index in [0.717, 1.165) is 6.26 Å². The summed E-state index contributed by atoms with van der Waals surface area (Å²) in [6, 6.07) is -0.159. The summed E-state index contributed by atoms with van der Waals surface area (Å²) < 4.78 is 46.7. The SMILES string of the molecule is CC1CN(S(=O)(=O)CCS(C)(=O)=O)CC1N.Cl. The molecule has 104 valence electrons. The van der Waals surface area contributed by atoms with Gasteiger partial charge < -0.3 is 5.73 Å². The number of sulfone groups is 1. The van der Waals surface area contributed by atoms with E-state index in [-0.39, 0.29) is 42.4 Å². The van der Waals surface area contributed by atoms with E-state index in [1.807, 2.05) is 6.92 Å². The normalized spacial score (nSPS) is 26.8. The summed E-state index contributed by atoms with van der Waals surface area (Å²) >= 11 is 0. The number of sulfonamides is 1. The first-order valence-electron chi connectivity index (χ1n) is 5.03. The Morgan fingerprint density at radius 2 is 1.71 bits per heavy atom. The predicted octanol–water partition coefficient (Wildman–Crippen LogP) is -0.938. The van der Waals surface area contributed by atoms with Gasteiger partial charge in [-0.15, -0.1) is 12.4 Å². The largest absolute Gasteiger partial charge is 0.326 e. The highest BCUT2D eigenvalue weighted by atomic mass is 35.5. The van der Waals surface area contributed by atoms with Crippen molar-refractivity contribution in [1.29, 1.82) is 0 Å². The maximum absolute atomic E-state index is 11.8. The van der Waals surface area contributed by atoms with Gasteiger partial charge in [-0.05, 0) is 5.92 Å². The summed E-state index contributed by atoms with van der Waals surface area (Å²) in [5.41, 5.74) is 5.72. The van der Waals surface area contributed by atoms with Crippen LogP contribution < -0.4 is 5.73 Å². The van der Waals surface area contributed by atoms with Crippen LogP contribution in [0.25, 0.3) is 0 Å². The fraction of sp³-hybridized carbons (Fsp3) is 1.00. The van der Waals surface area contributed by atoms with Gasteiger partial charge in [0.1, 0.15) is 9.84 Å². The Labute approximate surface area is 109 Å². The highest BCUT2D eigenvalue weighted by Gasteiger charge is 2.34. The second kappa shape index (κ2) is 5.83. The molecule has 1 heterocycles. The first-order chi connectivity index (χ1) is 7.12. The van der Waals surface area contributed by atoms with Gasteiger partial charge in [0, 0.05) is 25.4 Å². The molecule has 1 aliphatic heterocycles. The number of nitrogens with two attached hydrogens (primary N) is 1. The molecule has 6 nitrogen and oxygen atoms in total. The van der Waals surface area contributed by atoms with Gasteiger partial charge in [-0.3, -0.25) is 0 Å². The van der Waals surface area contributed by atoms with E-state index in [1.165, 1.54) is 4.31 Å². The Morgan fingerprint density at radius 3 is 2.06 bits per heavy atom. The molecule has 9 heteroatoms. The first kappa shape index (κ1) is 17.1. The third-order valence-corrected chi connectivity index (χ3v) is 5.75. The second-order valence-electron chi connectivity index (χ2n) is 4.40. The van der Waals surface area contributed by atoms with Gasteiger partial charge in [-0.1, -0.05) is 6.92 Å². The Bertz CT molecular complexity index is 438. The number of nitrogens with zero attached hydrogens (tertiary/aromatic N) is 1. The van der Waals surface area contributed by atoms with Gasteiger partial charge >= 0.3 is 0 Å². The molecule has 1 aliphatic rings. The number of rotatable bonds is 4. The molecule has 1 rings (SSSR count). The zero-order chi connectivity index (χ0) is 12.6. The van der Waals surface area contributed by atoms with Crippen molar-refractivity contribution in [3.63, 3.8) is 0 Å². The molecule has 17 heavy (non-hydrogen) atoms. The van der Waals surface area contributed by atoms with Crippen LogP contribution in [0.1, 0.15) is 6.92 Å². The zero-order valence-corrected chi connectivity index (χ0v) is 12.3. The minimum Gasteiger partial charge on any atom is -0.326 e. The highest BCUT2D eigenvalue weighted by Crippen LogP contribution is 2.18. The van der Waals surface area contributed by atoms with Gasteiger partial charge in [-0.25, -0.2) is 21.1 Å². The Kier molecular flexibility index (Phi) is 5.87. The van der Waals surface area contributed by atoms with Crippen LogP contribution in [-0.2, 0) is 19.9 Å². The summed E-state index contributed by atoms with van der Waals surface area (Å²) in [5, 5.41) is 0. The Balaban J connectivity index is 0.00000256. The molecule has 0 amide bonds. The second-order valence-corrected chi connectivity index (χ2v) is 8.75. The molecule has 2 atom stereocenters. The van der Waals surface area contributed by atoms with Crippen LogP contribution >= 0.6 is 12.4 Å². The maximum atomic E-state index is 11.8. The van der Waals surface area contributed by atoms with E-state index in [0.29, 0.717) is 6.54 Å². The smallest absolute Gasteiger partial charge is 0.215 e. The molecule has 1 saturated heterocycles. The molecule has 0 aromatic rings. The van der Waals surface area contributed by atoms with Crippen molar-refractivity contribution in [2.75, 3.05) is 30.9 Å². The van der Waals surface area contributed by atoms with E-state index in [2.05, 4.69) is 0 Å². The molecule has 0 aromatic heterocycles. The lowest BCUT2D eigenvalue weighted by molar-refractivity contribution is 0.465. The van der Waals surface area contributed by atoms with Crippen LogP contribution in [0.15, 0.2) is 0 Å². The van der Waals surface area contributed by atoms with Crippen LogP contribution in [0.4, 0.5) is 0 Å². The van der Waals surface area contributed by atoms with Gasteiger partial charge in [-0.2, -0.15) is 0 Å². The fourth-order valence-electron chi connectivity index (χ4n) is 1.56. The van der Waals surface area contributed by atoms with Crippen LogP contribution in [-0.4, -0.2) is 58.0 Å². The lowest BCUT2D eigenvalue weighted by Gasteiger charge is -2.15. The van der Waals surface area contributed by atoms with Crippen LogP contribution in [0.2, 0.25) is 0 Å². The topological polar surface area (TPSA) is 97.5 Å². The van der Waals surface area contributed by atoms with E-state index < -0.39 is 19.9 Å². The lowest BCUT2D eigenvalue weighted by atomic mass is 10.1. The molecular weight excluding hydrogens is 288 g/mol. The Hall–Kier alpha value is 0.110. The van der Waals surface area contributed by atoms with Crippen molar-refractivity contribution >= 4 is 32.3 Å². The molecule has 0 aromatic carbocycles. The lowest BCUT2D eigenvalue weighted by Crippen LogP contribution is -2.35. The summed E-state index contributed by atoms with van der Waals surface area (Å²) in [7, 11) is -6.74. The summed E-state index contributed by atoms with van der Waals surface area (Å²) in [4.78, 5) is 0. The molecule has 0 bridgehead atoms. The van der Waals surface area contributed by atoms with E-state index >= 15 is 0 Å². The van der Waals surface area contributed by atoms with Crippen LogP contribution in [0.3, 0.4) is 0 Å². The molecule has 0 spiro atoms. The van der Waals surface area contributed by atoms with Gasteiger partial charge in [0.2, 0.25) is 10.0 Å². The van der Waals surface area contributed by atoms with Crippen molar-refractivity contribution < 1.29 is 16.8 Å². The van der Waals surface area contributed by atoms with Crippen LogP contribution in [0.5, 0.6) is 0 Å². The van der Waals surface area contributed by atoms with E-state index in [4.69, 9.17) is 5.73 Å². The average Bonchev–Trinajstić information content (AvgIpc) is 2.44. The number of hydrogen-bond acceptors (Lipinski definition) is 5. The van der Waals surface area contributed by atoms with Crippen molar-refractivity contribution in [3.8, 4) is 0 Å². The summed E-state index contributed by atoms with van der Waals surface area (Å²) in [5.74, 6) is -0.575. The van der Waals surface area contributed by atoms with Gasteiger partial charge in [0.15, 0.2) is 0 Å². The molecule has 0 radical (unpaired) electrons. The van der Waals surface area contributed by atoms with Crippen molar-refractivity contribution in [3.05, 3.63) is 0 Å². The van der Waals surface area contributed by atoms with Gasteiger partial charge in [0.25, 0.3) is 0 Å². The molecular formula is C8H19ClN2O4S2. The molecule has 0 saturated carbocycles. The predicted molar refractivity (Wildman–Crippen MR) is 69.5 cm³/mol. The number of halogens is 1. The minimum absolute atomic E-state index is 0. The molecule has 2 N–H and O–H groups in total. The standard InChI is InChI=1S/C8H18N2O4S2.ClH/c1-7-5-10(6-8(7)9)16(13,14)4-3-15(2,11)12;/h7-8H,3-6,9H2,1-2H3;1H. The summed E-state index contributed by atoms with van der Waals surface area (Å²) in [6.45, 7) is 2.55. The number of hydrogen-bond donors (Lipinski definition) is 1. The van der Waals surface area contributed by atoms with Crippen LogP contribution in [0, 0.1) is 5.92 Å². The molecule has 1 fully saturated rings. The monoisotopic (exact) mass is 306 g/mol. The van der Waals surface area contributed by atoms with Crippen molar-refractivity contribution in [1.82, 2.24) is 4.31 Å². The molecule has 2 unspecified atom stereocenters. The summed E-state index contributed by atoms with van der Waals surface area (Å²) in [6.07, 6.45) is 1.03. The minimum atomic E-state index is -3.48. The molecule has 0 aliphatic carbocycles. The van der Waals surface area contributed by atoms with Crippen molar-refractivity contribution in [2.45, 2.75) is 13.0 Å². The third kappa shape index (κ3) is 5.09. The zero-order valence-electron chi connectivity index (χ0n) is 9.87. The quantitative estimate of drug-likeness (QED) is 0.723. The van der Waals surface area contributed by atoms with E-state index in [9.17, 15) is 16.8 Å². The van der Waals surface area contributed by atoms with Gasteiger partial charge in [0.05, 0.1) is 11.5 Å². The Morgan fingerprint density at radius 1 is 1.18 bits per heavy atom. The van der Waals surface area contributed by atoms with Crippen molar-refractivity contribution in [2.24, 2.45) is 11.7 Å². The first-order valence-corrected chi connectivity index (χ1v) is 8.70. The maximum Gasteiger partial charge on any atom is 0.215 e. The van der Waals surface area contributed by atoms with E-state index in [1.54, 1.807) is 0 Å². The third-order valence-electron chi connectivity index (χ3n) is 2.74.